The molecular formula is C11H19N5O3. The maximum atomic E-state index is 11.0. The van der Waals surface area contributed by atoms with E-state index in [1.54, 1.807) is 18.7 Å². The van der Waals surface area contributed by atoms with Gasteiger partial charge in [0.05, 0.1) is 6.10 Å². The van der Waals surface area contributed by atoms with Gasteiger partial charge in [0.2, 0.25) is 12.1 Å². The molecule has 106 valence electrons. The van der Waals surface area contributed by atoms with Crippen LogP contribution in [0.15, 0.2) is 6.33 Å². The summed E-state index contributed by atoms with van der Waals surface area (Å²) in [6.45, 7) is 1.11. The van der Waals surface area contributed by atoms with E-state index in [1.165, 1.54) is 6.33 Å². The molecule has 8 nitrogen and oxygen atoms in total. The smallest absolute Gasteiger partial charge is 0.381 e. The number of methoxy groups -OCH3 is 1. The predicted octanol–water partition coefficient (Wildman–Crippen LogP) is 0.271. The first-order chi connectivity index (χ1) is 9.08. The molecule has 1 fully saturated rings. The van der Waals surface area contributed by atoms with E-state index in [-0.39, 0.29) is 18.0 Å². The van der Waals surface area contributed by atoms with Crippen LogP contribution in [-0.2, 0) is 11.8 Å². The molecule has 2 atom stereocenters. The van der Waals surface area contributed by atoms with Crippen molar-refractivity contribution < 1.29 is 9.66 Å². The fourth-order valence-corrected chi connectivity index (χ4v) is 2.60. The largest absolute Gasteiger partial charge is 0.406 e. The number of nitro groups is 1. The van der Waals surface area contributed by atoms with Gasteiger partial charge in [-0.3, -0.25) is 4.57 Å². The Labute approximate surface area is 111 Å². The first-order valence-electron chi connectivity index (χ1n) is 6.23. The van der Waals surface area contributed by atoms with Crippen LogP contribution in [0.4, 0.5) is 11.6 Å². The van der Waals surface area contributed by atoms with E-state index >= 15 is 0 Å². The van der Waals surface area contributed by atoms with Gasteiger partial charge in [-0.15, -0.1) is 0 Å². The minimum Gasteiger partial charge on any atom is -0.381 e. The molecule has 19 heavy (non-hydrogen) atoms. The molecule has 2 N–H and O–H groups in total. The van der Waals surface area contributed by atoms with Crippen LogP contribution in [0.3, 0.4) is 0 Å². The second kappa shape index (κ2) is 5.54. The highest BCUT2D eigenvalue weighted by molar-refractivity contribution is 5.55. The van der Waals surface area contributed by atoms with Gasteiger partial charge in [0.1, 0.15) is 0 Å². The zero-order valence-electron chi connectivity index (χ0n) is 11.2. The molecule has 1 aromatic rings. The standard InChI is InChI=1S/C11H19N5O3/c1-14-7-13-10(16(17)18)11(14)15-4-3-9(19-2)5-8(15)6-12/h7-9H,3-6,12H2,1-2H3. The van der Waals surface area contributed by atoms with Gasteiger partial charge in [0, 0.05) is 33.3 Å². The molecule has 0 saturated carbocycles. The first kappa shape index (κ1) is 13.8. The lowest BCUT2D eigenvalue weighted by atomic mass is 9.99. The Bertz CT molecular complexity index is 461. The van der Waals surface area contributed by atoms with E-state index in [9.17, 15) is 10.1 Å². The van der Waals surface area contributed by atoms with Crippen LogP contribution in [-0.4, -0.2) is 46.8 Å². The number of anilines is 1. The Kier molecular flexibility index (Phi) is 4.01. The number of imidazole rings is 1. The number of piperidine rings is 1. The van der Waals surface area contributed by atoms with Crippen LogP contribution < -0.4 is 10.6 Å². The van der Waals surface area contributed by atoms with Gasteiger partial charge < -0.3 is 25.5 Å². The molecule has 0 amide bonds. The Hall–Kier alpha value is -1.67. The monoisotopic (exact) mass is 269 g/mol. The molecule has 0 aromatic carbocycles. The Morgan fingerprint density at radius 3 is 3.00 bits per heavy atom. The average Bonchev–Trinajstić information content (AvgIpc) is 2.80. The third-order valence-electron chi connectivity index (χ3n) is 3.61. The molecule has 0 aliphatic carbocycles. The fourth-order valence-electron chi connectivity index (χ4n) is 2.60. The van der Waals surface area contributed by atoms with Crippen LogP contribution in [0.5, 0.6) is 0 Å². The SMILES string of the molecule is COC1CCN(c2c([N+](=O)[O-])ncn2C)C(CN)C1. The molecule has 0 radical (unpaired) electrons. The van der Waals surface area contributed by atoms with Gasteiger partial charge in [0.25, 0.3) is 0 Å². The van der Waals surface area contributed by atoms with Gasteiger partial charge in [-0.25, -0.2) is 0 Å². The maximum absolute atomic E-state index is 11.0. The van der Waals surface area contributed by atoms with Crippen LogP contribution >= 0.6 is 0 Å². The number of aryl methyl sites for hydroxylation is 1. The van der Waals surface area contributed by atoms with E-state index in [4.69, 9.17) is 10.5 Å². The molecule has 0 spiro atoms. The number of hydrogen-bond acceptors (Lipinski definition) is 6. The number of hydrogen-bond donors (Lipinski definition) is 1. The number of ether oxygens (including phenoxy) is 1. The second-order valence-corrected chi connectivity index (χ2v) is 4.72. The van der Waals surface area contributed by atoms with Crippen LogP contribution in [0.2, 0.25) is 0 Å². The van der Waals surface area contributed by atoms with Gasteiger partial charge in [-0.2, -0.15) is 0 Å². The predicted molar refractivity (Wildman–Crippen MR) is 70.1 cm³/mol. The van der Waals surface area contributed by atoms with Crippen LogP contribution in [0.1, 0.15) is 12.8 Å². The van der Waals surface area contributed by atoms with Crippen LogP contribution in [0, 0.1) is 10.1 Å². The minimum atomic E-state index is -0.453. The summed E-state index contributed by atoms with van der Waals surface area (Å²) in [6.07, 6.45) is 3.23. The molecular weight excluding hydrogens is 250 g/mol. The lowest BCUT2D eigenvalue weighted by molar-refractivity contribution is -0.388. The summed E-state index contributed by atoms with van der Waals surface area (Å²) in [6, 6.07) is 0.0350. The van der Waals surface area contributed by atoms with Crippen molar-refractivity contribution in [1.29, 1.82) is 0 Å². The van der Waals surface area contributed by atoms with Crippen molar-refractivity contribution in [3.63, 3.8) is 0 Å². The van der Waals surface area contributed by atoms with E-state index in [2.05, 4.69) is 4.98 Å². The highest BCUT2D eigenvalue weighted by atomic mass is 16.6. The number of nitrogens with two attached hydrogens (primary N) is 1. The van der Waals surface area contributed by atoms with Gasteiger partial charge >= 0.3 is 5.82 Å². The Morgan fingerprint density at radius 2 is 2.42 bits per heavy atom. The van der Waals surface area contributed by atoms with Crippen molar-refractivity contribution in [2.24, 2.45) is 12.8 Å². The van der Waals surface area contributed by atoms with Crippen LogP contribution in [0.25, 0.3) is 0 Å². The summed E-state index contributed by atoms with van der Waals surface area (Å²) in [7, 11) is 3.44. The lowest BCUT2D eigenvalue weighted by Gasteiger charge is -2.39. The summed E-state index contributed by atoms with van der Waals surface area (Å²) in [5.74, 6) is 0.409. The van der Waals surface area contributed by atoms with Crippen molar-refractivity contribution in [2.75, 3.05) is 25.1 Å². The Morgan fingerprint density at radius 1 is 1.68 bits per heavy atom. The van der Waals surface area contributed by atoms with Gasteiger partial charge in [-0.1, -0.05) is 0 Å². The van der Waals surface area contributed by atoms with Crippen molar-refractivity contribution in [3.05, 3.63) is 16.4 Å². The van der Waals surface area contributed by atoms with Crippen molar-refractivity contribution in [3.8, 4) is 0 Å². The maximum Gasteiger partial charge on any atom is 0.406 e. The summed E-state index contributed by atoms with van der Waals surface area (Å²) >= 11 is 0. The third-order valence-corrected chi connectivity index (χ3v) is 3.61. The van der Waals surface area contributed by atoms with Crippen molar-refractivity contribution in [1.82, 2.24) is 9.55 Å². The van der Waals surface area contributed by atoms with Gasteiger partial charge in [-0.05, 0) is 22.7 Å². The number of aromatic nitrogens is 2. The second-order valence-electron chi connectivity index (χ2n) is 4.72. The average molecular weight is 269 g/mol. The lowest BCUT2D eigenvalue weighted by Crippen LogP contribution is -2.49. The molecule has 1 aliphatic heterocycles. The molecule has 1 saturated heterocycles. The van der Waals surface area contributed by atoms with E-state index in [0.717, 1.165) is 12.8 Å². The molecule has 1 aliphatic rings. The third kappa shape index (κ3) is 2.54. The molecule has 0 bridgehead atoms. The topological polar surface area (TPSA) is 99.5 Å². The molecule has 1 aromatic heterocycles. The quantitative estimate of drug-likeness (QED) is 0.622. The van der Waals surface area contributed by atoms with E-state index < -0.39 is 4.92 Å². The fraction of sp³-hybridized carbons (Fsp3) is 0.727. The molecule has 8 heteroatoms. The number of nitrogens with zero attached hydrogens (tertiary/aromatic N) is 4. The summed E-state index contributed by atoms with van der Waals surface area (Å²) in [5.41, 5.74) is 5.80. The summed E-state index contributed by atoms with van der Waals surface area (Å²) in [5, 5.41) is 11.0. The molecule has 2 unspecified atom stereocenters. The molecule has 2 rings (SSSR count). The van der Waals surface area contributed by atoms with Gasteiger partial charge in [0.15, 0.2) is 0 Å². The van der Waals surface area contributed by atoms with E-state index in [0.29, 0.717) is 18.9 Å². The zero-order chi connectivity index (χ0) is 14.0. The highest BCUT2D eigenvalue weighted by Gasteiger charge is 2.34. The summed E-state index contributed by atoms with van der Waals surface area (Å²) in [4.78, 5) is 16.4. The highest BCUT2D eigenvalue weighted by Crippen LogP contribution is 2.31. The zero-order valence-corrected chi connectivity index (χ0v) is 11.2. The Balaban J connectivity index is 2.30. The van der Waals surface area contributed by atoms with Crippen molar-refractivity contribution in [2.45, 2.75) is 25.0 Å². The normalized spacial score (nSPS) is 23.6. The first-order valence-corrected chi connectivity index (χ1v) is 6.23. The minimum absolute atomic E-state index is 0.0350. The van der Waals surface area contributed by atoms with E-state index in [1.807, 2.05) is 4.90 Å². The van der Waals surface area contributed by atoms with Crippen molar-refractivity contribution >= 4 is 11.6 Å². The molecule has 2 heterocycles. The number of rotatable bonds is 4. The summed E-state index contributed by atoms with van der Waals surface area (Å²) < 4.78 is 7.03.